The maximum Gasteiger partial charge on any atom is 0.248 e. The first-order valence-corrected chi connectivity index (χ1v) is 9.15. The molecule has 0 spiro atoms. The molecule has 3 rings (SSSR count). The number of aryl methyl sites for hydroxylation is 1. The van der Waals surface area contributed by atoms with Gasteiger partial charge < -0.3 is 5.32 Å². The van der Waals surface area contributed by atoms with Gasteiger partial charge in [0, 0.05) is 10.5 Å². The molecule has 0 aliphatic heterocycles. The summed E-state index contributed by atoms with van der Waals surface area (Å²) in [6.45, 7) is 4.53. The first kappa shape index (κ1) is 18.1. The number of nitrogens with one attached hydrogen (secondary N) is 1. The summed E-state index contributed by atoms with van der Waals surface area (Å²) in [6.07, 6.45) is 3.34. The van der Waals surface area contributed by atoms with Gasteiger partial charge >= 0.3 is 0 Å². The molecule has 0 unspecified atom stereocenters. The first-order valence-electron chi connectivity index (χ1n) is 8.35. The van der Waals surface area contributed by atoms with Crippen LogP contribution in [0, 0.1) is 13.8 Å². The molecule has 132 valence electrons. The highest BCUT2D eigenvalue weighted by atomic mass is 79.9. The molecule has 0 fully saturated rings. The minimum Gasteiger partial charge on any atom is -0.319 e. The Morgan fingerprint density at radius 1 is 1.12 bits per heavy atom. The molecule has 1 heterocycles. The van der Waals surface area contributed by atoms with Crippen molar-refractivity contribution in [2.24, 2.45) is 0 Å². The van der Waals surface area contributed by atoms with Crippen LogP contribution in [0.1, 0.15) is 22.5 Å². The predicted octanol–water partition coefficient (Wildman–Crippen LogP) is 4.96. The average Bonchev–Trinajstić information content (AvgIpc) is 2.90. The highest BCUT2D eigenvalue weighted by molar-refractivity contribution is 9.10. The van der Waals surface area contributed by atoms with E-state index in [1.807, 2.05) is 61.0 Å². The molecule has 5 heteroatoms. The summed E-state index contributed by atoms with van der Waals surface area (Å²) in [6, 6.07) is 17.9. The molecule has 2 aromatic carbocycles. The van der Waals surface area contributed by atoms with Crippen molar-refractivity contribution < 1.29 is 4.79 Å². The van der Waals surface area contributed by atoms with Crippen LogP contribution < -0.4 is 5.32 Å². The monoisotopic (exact) mass is 409 g/mol. The number of anilines is 1. The zero-order valence-electron chi connectivity index (χ0n) is 14.7. The van der Waals surface area contributed by atoms with Gasteiger partial charge in [0.2, 0.25) is 5.91 Å². The van der Waals surface area contributed by atoms with Crippen LogP contribution in [-0.4, -0.2) is 15.7 Å². The SMILES string of the molecule is Cc1nn(Cc2ccc(Br)cc2)c(C)c1NC(=O)/C=C/c1ccccc1. The molecule has 1 aromatic heterocycles. The molecule has 1 N–H and O–H groups in total. The third-order valence-electron chi connectivity index (χ3n) is 4.10. The van der Waals surface area contributed by atoms with Gasteiger partial charge in [-0.2, -0.15) is 5.10 Å². The summed E-state index contributed by atoms with van der Waals surface area (Å²) < 4.78 is 2.96. The summed E-state index contributed by atoms with van der Waals surface area (Å²) in [5, 5.41) is 7.51. The molecular weight excluding hydrogens is 390 g/mol. The van der Waals surface area contributed by atoms with Crippen LogP contribution in [-0.2, 0) is 11.3 Å². The zero-order valence-corrected chi connectivity index (χ0v) is 16.3. The van der Waals surface area contributed by atoms with Crippen molar-refractivity contribution >= 4 is 33.6 Å². The second-order valence-electron chi connectivity index (χ2n) is 6.06. The van der Waals surface area contributed by atoms with Crippen LogP contribution in [0.25, 0.3) is 6.08 Å². The average molecular weight is 410 g/mol. The number of amides is 1. The Bertz CT molecular complexity index is 928. The smallest absolute Gasteiger partial charge is 0.248 e. The van der Waals surface area contributed by atoms with E-state index < -0.39 is 0 Å². The van der Waals surface area contributed by atoms with E-state index in [1.165, 1.54) is 0 Å². The number of benzene rings is 2. The molecular formula is C21H20BrN3O. The van der Waals surface area contributed by atoms with E-state index >= 15 is 0 Å². The van der Waals surface area contributed by atoms with Gasteiger partial charge in [-0.3, -0.25) is 9.48 Å². The lowest BCUT2D eigenvalue weighted by Gasteiger charge is -2.06. The maximum absolute atomic E-state index is 12.3. The fraction of sp³-hybridized carbons (Fsp3) is 0.143. The van der Waals surface area contributed by atoms with E-state index in [9.17, 15) is 4.79 Å². The molecule has 3 aromatic rings. The molecule has 26 heavy (non-hydrogen) atoms. The minimum absolute atomic E-state index is 0.164. The lowest BCUT2D eigenvalue weighted by atomic mass is 10.2. The molecule has 0 atom stereocenters. The Balaban J connectivity index is 1.72. The van der Waals surface area contributed by atoms with Crippen molar-refractivity contribution in [3.8, 4) is 0 Å². The van der Waals surface area contributed by atoms with E-state index in [4.69, 9.17) is 0 Å². The molecule has 4 nitrogen and oxygen atoms in total. The summed E-state index contributed by atoms with van der Waals surface area (Å²) in [5.41, 5.74) is 4.65. The topological polar surface area (TPSA) is 46.9 Å². The van der Waals surface area contributed by atoms with Crippen molar-refractivity contribution in [2.75, 3.05) is 5.32 Å². The van der Waals surface area contributed by atoms with E-state index in [0.29, 0.717) is 6.54 Å². The maximum atomic E-state index is 12.3. The van der Waals surface area contributed by atoms with Gasteiger partial charge in [-0.25, -0.2) is 0 Å². The van der Waals surface area contributed by atoms with Crippen molar-refractivity contribution in [1.29, 1.82) is 0 Å². The summed E-state index contributed by atoms with van der Waals surface area (Å²) in [5.74, 6) is -0.164. The number of hydrogen-bond acceptors (Lipinski definition) is 2. The molecule has 0 saturated carbocycles. The predicted molar refractivity (Wildman–Crippen MR) is 109 cm³/mol. The van der Waals surface area contributed by atoms with Crippen LogP contribution in [0.5, 0.6) is 0 Å². The lowest BCUT2D eigenvalue weighted by molar-refractivity contribution is -0.111. The van der Waals surface area contributed by atoms with Crippen LogP contribution >= 0.6 is 15.9 Å². The van der Waals surface area contributed by atoms with E-state index in [1.54, 1.807) is 12.2 Å². The van der Waals surface area contributed by atoms with Crippen molar-refractivity contribution in [3.05, 3.63) is 87.7 Å². The first-order chi connectivity index (χ1) is 12.5. The number of halogens is 1. The van der Waals surface area contributed by atoms with Crippen LogP contribution in [0.4, 0.5) is 5.69 Å². The second-order valence-corrected chi connectivity index (χ2v) is 6.98. The van der Waals surface area contributed by atoms with E-state index in [0.717, 1.165) is 32.7 Å². The molecule has 0 aliphatic rings. The van der Waals surface area contributed by atoms with Gasteiger partial charge in [-0.1, -0.05) is 58.4 Å². The fourth-order valence-corrected chi connectivity index (χ4v) is 2.96. The fourth-order valence-electron chi connectivity index (χ4n) is 2.70. The summed E-state index contributed by atoms with van der Waals surface area (Å²) >= 11 is 3.44. The Kier molecular flexibility index (Phi) is 5.68. The normalized spacial score (nSPS) is 11.0. The van der Waals surface area contributed by atoms with Gasteiger partial charge in [0.05, 0.1) is 23.6 Å². The van der Waals surface area contributed by atoms with Gasteiger partial charge in [0.25, 0.3) is 0 Å². The largest absolute Gasteiger partial charge is 0.319 e. The number of carbonyl (C=O) groups is 1. The van der Waals surface area contributed by atoms with Gasteiger partial charge in [-0.05, 0) is 43.2 Å². The highest BCUT2D eigenvalue weighted by Crippen LogP contribution is 2.21. The van der Waals surface area contributed by atoms with Crippen LogP contribution in [0.3, 0.4) is 0 Å². The molecule has 1 amide bonds. The molecule has 0 saturated heterocycles. The van der Waals surface area contributed by atoms with Crippen molar-refractivity contribution in [3.63, 3.8) is 0 Å². The number of nitrogens with zero attached hydrogens (tertiary/aromatic N) is 2. The summed E-state index contributed by atoms with van der Waals surface area (Å²) in [4.78, 5) is 12.3. The Morgan fingerprint density at radius 3 is 2.50 bits per heavy atom. The molecule has 0 bridgehead atoms. The number of hydrogen-bond donors (Lipinski definition) is 1. The third kappa shape index (κ3) is 4.49. The zero-order chi connectivity index (χ0) is 18.5. The van der Waals surface area contributed by atoms with E-state index in [2.05, 4.69) is 38.5 Å². The lowest BCUT2D eigenvalue weighted by Crippen LogP contribution is -2.10. The van der Waals surface area contributed by atoms with Crippen LogP contribution in [0.15, 0.2) is 65.1 Å². The van der Waals surface area contributed by atoms with Crippen LogP contribution in [0.2, 0.25) is 0 Å². The van der Waals surface area contributed by atoms with Crippen molar-refractivity contribution in [1.82, 2.24) is 9.78 Å². The summed E-state index contributed by atoms with van der Waals surface area (Å²) in [7, 11) is 0. The Morgan fingerprint density at radius 2 is 1.81 bits per heavy atom. The van der Waals surface area contributed by atoms with E-state index in [-0.39, 0.29) is 5.91 Å². The minimum atomic E-state index is -0.164. The number of rotatable bonds is 5. The number of aromatic nitrogens is 2. The van der Waals surface area contributed by atoms with Gasteiger partial charge in [0.1, 0.15) is 0 Å². The standard InChI is InChI=1S/C21H20BrN3O/c1-15-21(23-20(26)13-10-17-6-4-3-5-7-17)16(2)25(24-15)14-18-8-11-19(22)12-9-18/h3-13H,14H2,1-2H3,(H,23,26)/b13-10+. The van der Waals surface area contributed by atoms with Gasteiger partial charge in [0.15, 0.2) is 0 Å². The van der Waals surface area contributed by atoms with Crippen molar-refractivity contribution in [2.45, 2.75) is 20.4 Å². The Hall–Kier alpha value is -2.66. The highest BCUT2D eigenvalue weighted by Gasteiger charge is 2.13. The molecule has 0 aliphatic carbocycles. The number of carbonyl (C=O) groups excluding carboxylic acids is 1. The quantitative estimate of drug-likeness (QED) is 0.605. The third-order valence-corrected chi connectivity index (χ3v) is 4.63. The van der Waals surface area contributed by atoms with Gasteiger partial charge in [-0.15, -0.1) is 0 Å². The Labute approximate surface area is 161 Å². The molecule has 0 radical (unpaired) electrons. The second kappa shape index (κ2) is 8.15.